The van der Waals surface area contributed by atoms with Crippen molar-refractivity contribution in [3.8, 4) is 11.8 Å². The first-order chi connectivity index (χ1) is 12.7. The Labute approximate surface area is 154 Å². The number of rotatable bonds is 9. The molecule has 0 radical (unpaired) electrons. The van der Waals surface area contributed by atoms with E-state index in [1.165, 1.54) is 0 Å². The van der Waals surface area contributed by atoms with Gasteiger partial charge in [0.2, 0.25) is 0 Å². The van der Waals surface area contributed by atoms with Crippen LogP contribution in [0.2, 0.25) is 0 Å². The van der Waals surface area contributed by atoms with Crippen molar-refractivity contribution in [2.75, 3.05) is 6.61 Å². The van der Waals surface area contributed by atoms with Crippen LogP contribution < -0.4 is 10.1 Å². The Balaban J connectivity index is 1.92. The van der Waals surface area contributed by atoms with Gasteiger partial charge in [-0.05, 0) is 41.8 Å². The van der Waals surface area contributed by atoms with Crippen molar-refractivity contribution in [3.05, 3.63) is 65.5 Å². The van der Waals surface area contributed by atoms with Gasteiger partial charge in [-0.15, -0.1) is 0 Å². The highest BCUT2D eigenvalue weighted by molar-refractivity contribution is 6.01. The summed E-state index contributed by atoms with van der Waals surface area (Å²) in [6.45, 7) is 3.18. The number of carbonyl (C=O) groups is 1. The molecule has 0 aliphatic carbocycles. The molecule has 26 heavy (non-hydrogen) atoms. The molecule has 1 heterocycles. The number of unbranched alkanes of at least 4 members (excludes halogenated alkanes) is 2. The molecular formula is C21H23N3O2. The molecule has 0 saturated heterocycles. The Kier molecular flexibility index (Phi) is 7.88. The average Bonchev–Trinajstić information content (AvgIpc) is 2.69. The van der Waals surface area contributed by atoms with E-state index >= 15 is 0 Å². The standard InChI is InChI=1S/C21H23N3O2/c1-2-3-4-12-26-20-9-7-17(8-10-20)13-19(14-22)21(25)24-16-18-6-5-11-23-15-18/h5-11,13,15H,2-4,12,16H2,1H3,(H,24,25). The van der Waals surface area contributed by atoms with E-state index in [4.69, 9.17) is 4.74 Å². The van der Waals surface area contributed by atoms with E-state index in [2.05, 4.69) is 17.2 Å². The summed E-state index contributed by atoms with van der Waals surface area (Å²) in [6, 6.07) is 13.0. The fourth-order valence-corrected chi connectivity index (χ4v) is 2.30. The molecule has 0 atom stereocenters. The molecule has 1 N–H and O–H groups in total. The zero-order chi connectivity index (χ0) is 18.6. The molecule has 0 aliphatic rings. The number of nitriles is 1. The van der Waals surface area contributed by atoms with Gasteiger partial charge >= 0.3 is 0 Å². The van der Waals surface area contributed by atoms with Crippen molar-refractivity contribution in [1.29, 1.82) is 5.26 Å². The van der Waals surface area contributed by atoms with E-state index in [9.17, 15) is 10.1 Å². The number of carbonyl (C=O) groups excluding carboxylic acids is 1. The number of ether oxygens (including phenoxy) is 1. The zero-order valence-corrected chi connectivity index (χ0v) is 14.9. The van der Waals surface area contributed by atoms with Gasteiger partial charge in [0.05, 0.1) is 6.61 Å². The minimum atomic E-state index is -0.406. The largest absolute Gasteiger partial charge is 0.494 e. The second-order valence-corrected chi connectivity index (χ2v) is 5.84. The van der Waals surface area contributed by atoms with Crippen molar-refractivity contribution in [2.45, 2.75) is 32.7 Å². The molecular weight excluding hydrogens is 326 g/mol. The van der Waals surface area contributed by atoms with E-state index < -0.39 is 5.91 Å². The van der Waals surface area contributed by atoms with Crippen LogP contribution in [0.4, 0.5) is 0 Å². The minimum absolute atomic E-state index is 0.0607. The maximum absolute atomic E-state index is 12.2. The Hall–Kier alpha value is -3.13. The Morgan fingerprint density at radius 2 is 2.08 bits per heavy atom. The quantitative estimate of drug-likeness (QED) is 0.423. The number of nitrogens with zero attached hydrogens (tertiary/aromatic N) is 2. The maximum atomic E-state index is 12.2. The topological polar surface area (TPSA) is 75.0 Å². The summed E-state index contributed by atoms with van der Waals surface area (Å²) in [4.78, 5) is 16.2. The molecule has 0 aliphatic heterocycles. The number of amides is 1. The van der Waals surface area contributed by atoms with E-state index in [0.717, 1.165) is 36.1 Å². The molecule has 1 aromatic carbocycles. The molecule has 2 aromatic rings. The predicted octanol–water partition coefficient (Wildman–Crippen LogP) is 3.87. The van der Waals surface area contributed by atoms with E-state index in [0.29, 0.717) is 13.2 Å². The van der Waals surface area contributed by atoms with Gasteiger partial charge in [0.15, 0.2) is 0 Å². The summed E-state index contributed by atoms with van der Waals surface area (Å²) in [5, 5.41) is 12.0. The first-order valence-corrected chi connectivity index (χ1v) is 8.74. The molecule has 0 saturated carbocycles. The van der Waals surface area contributed by atoms with Crippen LogP contribution in [0, 0.1) is 11.3 Å². The fourth-order valence-electron chi connectivity index (χ4n) is 2.30. The molecule has 1 amide bonds. The van der Waals surface area contributed by atoms with Crippen molar-refractivity contribution in [3.63, 3.8) is 0 Å². The number of nitrogens with one attached hydrogen (secondary N) is 1. The van der Waals surface area contributed by atoms with Crippen molar-refractivity contribution < 1.29 is 9.53 Å². The molecule has 0 fully saturated rings. The number of benzene rings is 1. The van der Waals surface area contributed by atoms with Gasteiger partial charge < -0.3 is 10.1 Å². The Bertz CT molecular complexity index is 762. The number of hydrogen-bond acceptors (Lipinski definition) is 4. The fraction of sp³-hybridized carbons (Fsp3) is 0.286. The first kappa shape index (κ1) is 19.2. The van der Waals surface area contributed by atoms with Crippen LogP contribution in [-0.2, 0) is 11.3 Å². The van der Waals surface area contributed by atoms with Crippen LogP contribution in [0.5, 0.6) is 5.75 Å². The van der Waals surface area contributed by atoms with Gasteiger partial charge in [-0.1, -0.05) is 38.0 Å². The highest BCUT2D eigenvalue weighted by Crippen LogP contribution is 2.15. The van der Waals surface area contributed by atoms with Crippen LogP contribution in [0.1, 0.15) is 37.3 Å². The third kappa shape index (κ3) is 6.40. The molecule has 5 heteroatoms. The van der Waals surface area contributed by atoms with Crippen molar-refractivity contribution >= 4 is 12.0 Å². The molecule has 0 spiro atoms. The number of pyridine rings is 1. The van der Waals surface area contributed by atoms with E-state index in [1.54, 1.807) is 24.5 Å². The lowest BCUT2D eigenvalue weighted by atomic mass is 10.1. The average molecular weight is 349 g/mol. The molecule has 0 bridgehead atoms. The lowest BCUT2D eigenvalue weighted by Gasteiger charge is -2.06. The summed E-state index contributed by atoms with van der Waals surface area (Å²) in [6.07, 6.45) is 8.26. The molecule has 1 aromatic heterocycles. The third-order valence-electron chi connectivity index (χ3n) is 3.75. The lowest BCUT2D eigenvalue weighted by molar-refractivity contribution is -0.117. The Morgan fingerprint density at radius 1 is 1.27 bits per heavy atom. The number of aromatic nitrogens is 1. The molecule has 134 valence electrons. The van der Waals surface area contributed by atoms with E-state index in [1.807, 2.05) is 36.4 Å². The molecule has 2 rings (SSSR count). The third-order valence-corrected chi connectivity index (χ3v) is 3.75. The summed E-state index contributed by atoms with van der Waals surface area (Å²) < 4.78 is 5.66. The highest BCUT2D eigenvalue weighted by atomic mass is 16.5. The van der Waals surface area contributed by atoms with Gasteiger partial charge in [-0.2, -0.15) is 5.26 Å². The van der Waals surface area contributed by atoms with Crippen LogP contribution >= 0.6 is 0 Å². The minimum Gasteiger partial charge on any atom is -0.494 e. The second kappa shape index (κ2) is 10.7. The lowest BCUT2D eigenvalue weighted by Crippen LogP contribution is -2.23. The summed E-state index contributed by atoms with van der Waals surface area (Å²) >= 11 is 0. The van der Waals surface area contributed by atoms with Gasteiger partial charge in [-0.25, -0.2) is 0 Å². The van der Waals surface area contributed by atoms with Crippen molar-refractivity contribution in [2.24, 2.45) is 0 Å². The molecule has 5 nitrogen and oxygen atoms in total. The molecule has 0 unspecified atom stereocenters. The normalized spacial score (nSPS) is 10.8. The van der Waals surface area contributed by atoms with Gasteiger partial charge in [-0.3, -0.25) is 9.78 Å². The van der Waals surface area contributed by atoms with Gasteiger partial charge in [0, 0.05) is 18.9 Å². The maximum Gasteiger partial charge on any atom is 0.262 e. The SMILES string of the molecule is CCCCCOc1ccc(C=C(C#N)C(=O)NCc2cccnc2)cc1. The highest BCUT2D eigenvalue weighted by Gasteiger charge is 2.08. The number of hydrogen-bond donors (Lipinski definition) is 1. The monoisotopic (exact) mass is 349 g/mol. The van der Waals surface area contributed by atoms with E-state index in [-0.39, 0.29) is 5.57 Å². The van der Waals surface area contributed by atoms with Gasteiger partial charge in [0.25, 0.3) is 5.91 Å². The van der Waals surface area contributed by atoms with Gasteiger partial charge in [0.1, 0.15) is 17.4 Å². The Morgan fingerprint density at radius 3 is 2.73 bits per heavy atom. The summed E-state index contributed by atoms with van der Waals surface area (Å²) in [5.41, 5.74) is 1.72. The van der Waals surface area contributed by atoms with Crippen LogP contribution in [0.15, 0.2) is 54.4 Å². The smallest absolute Gasteiger partial charge is 0.262 e. The second-order valence-electron chi connectivity index (χ2n) is 5.84. The zero-order valence-electron chi connectivity index (χ0n) is 14.9. The van der Waals surface area contributed by atoms with Crippen LogP contribution in [0.3, 0.4) is 0 Å². The van der Waals surface area contributed by atoms with Crippen molar-refractivity contribution in [1.82, 2.24) is 10.3 Å². The predicted molar refractivity (Wildman–Crippen MR) is 101 cm³/mol. The van der Waals surface area contributed by atoms with Crippen LogP contribution in [0.25, 0.3) is 6.08 Å². The summed E-state index contributed by atoms with van der Waals surface area (Å²) in [7, 11) is 0. The first-order valence-electron chi connectivity index (χ1n) is 8.74. The van der Waals surface area contributed by atoms with Crippen LogP contribution in [-0.4, -0.2) is 17.5 Å². The summed E-state index contributed by atoms with van der Waals surface area (Å²) in [5.74, 6) is 0.383.